The highest BCUT2D eigenvalue weighted by atomic mass is 19.4. The number of piperazine rings is 1. The van der Waals surface area contributed by atoms with Crippen molar-refractivity contribution >= 4 is 11.9 Å². The Labute approximate surface area is 187 Å². The Bertz CT molecular complexity index is 993. The number of hydrogen-bond acceptors (Lipinski definition) is 4. The first-order valence-electron chi connectivity index (χ1n) is 10.9. The summed E-state index contributed by atoms with van der Waals surface area (Å²) in [6, 6.07) is 4.16. The van der Waals surface area contributed by atoms with Crippen LogP contribution in [0.5, 0.6) is 0 Å². The SMILES string of the molecule is O=C(NC1CCCCC1)N1CCN(C(=O)c2nnn(-c3ccc(F)cc3)c2C(F)(F)F)CC1. The maximum atomic E-state index is 13.8. The molecule has 1 saturated carbocycles. The molecule has 0 spiro atoms. The van der Waals surface area contributed by atoms with Crippen molar-refractivity contribution in [2.75, 3.05) is 26.2 Å². The van der Waals surface area contributed by atoms with Crippen LogP contribution in [0.25, 0.3) is 5.69 Å². The minimum atomic E-state index is -4.91. The van der Waals surface area contributed by atoms with Crippen molar-refractivity contribution in [3.63, 3.8) is 0 Å². The van der Waals surface area contributed by atoms with E-state index in [-0.39, 0.29) is 43.9 Å². The number of urea groups is 1. The number of nitrogens with one attached hydrogen (secondary N) is 1. The predicted octanol–water partition coefficient (Wildman–Crippen LogP) is 3.23. The van der Waals surface area contributed by atoms with Gasteiger partial charge >= 0.3 is 12.2 Å². The number of carbonyl (C=O) groups excluding carboxylic acids is 2. The van der Waals surface area contributed by atoms with E-state index in [2.05, 4.69) is 15.6 Å². The molecule has 1 aliphatic carbocycles. The van der Waals surface area contributed by atoms with Gasteiger partial charge in [-0.1, -0.05) is 24.5 Å². The molecule has 2 fully saturated rings. The highest BCUT2D eigenvalue weighted by molar-refractivity contribution is 5.93. The summed E-state index contributed by atoms with van der Waals surface area (Å²) in [5.41, 5.74) is -2.22. The molecular formula is C21H24F4N6O2. The molecule has 2 aliphatic rings. The van der Waals surface area contributed by atoms with Gasteiger partial charge in [-0.25, -0.2) is 13.9 Å². The van der Waals surface area contributed by atoms with E-state index in [1.165, 1.54) is 11.3 Å². The van der Waals surface area contributed by atoms with Crippen LogP contribution in [0.1, 0.15) is 48.3 Å². The van der Waals surface area contributed by atoms with Crippen molar-refractivity contribution in [1.29, 1.82) is 0 Å². The van der Waals surface area contributed by atoms with Gasteiger partial charge in [0.05, 0.1) is 5.69 Å². The molecule has 0 unspecified atom stereocenters. The molecule has 1 aromatic carbocycles. The van der Waals surface area contributed by atoms with Crippen molar-refractivity contribution in [3.05, 3.63) is 41.5 Å². The lowest BCUT2D eigenvalue weighted by molar-refractivity contribution is -0.143. The number of aromatic nitrogens is 3. The highest BCUT2D eigenvalue weighted by Crippen LogP contribution is 2.33. The summed E-state index contributed by atoms with van der Waals surface area (Å²) in [7, 11) is 0. The van der Waals surface area contributed by atoms with E-state index in [0.717, 1.165) is 49.9 Å². The second-order valence-corrected chi connectivity index (χ2v) is 8.24. The Balaban J connectivity index is 1.45. The number of amides is 3. The molecule has 2 heterocycles. The molecule has 0 radical (unpaired) electrons. The molecule has 0 atom stereocenters. The molecule has 1 aliphatic heterocycles. The van der Waals surface area contributed by atoms with Crippen LogP contribution < -0.4 is 5.32 Å². The van der Waals surface area contributed by atoms with Crippen LogP contribution in [0.3, 0.4) is 0 Å². The van der Waals surface area contributed by atoms with Crippen LogP contribution in [0, 0.1) is 5.82 Å². The number of nitrogens with zero attached hydrogens (tertiary/aromatic N) is 5. The summed E-state index contributed by atoms with van der Waals surface area (Å²) in [5, 5.41) is 10.0. The summed E-state index contributed by atoms with van der Waals surface area (Å²) >= 11 is 0. The number of rotatable bonds is 3. The fraction of sp³-hybridized carbons (Fsp3) is 0.524. The summed E-state index contributed by atoms with van der Waals surface area (Å²) in [6.45, 7) is 0.574. The smallest absolute Gasteiger partial charge is 0.335 e. The fourth-order valence-corrected chi connectivity index (χ4v) is 4.22. The summed E-state index contributed by atoms with van der Waals surface area (Å²) < 4.78 is 55.1. The van der Waals surface area contributed by atoms with Gasteiger partial charge in [0.1, 0.15) is 5.82 Å². The van der Waals surface area contributed by atoms with E-state index in [1.807, 2.05) is 0 Å². The maximum absolute atomic E-state index is 13.8. The summed E-state index contributed by atoms with van der Waals surface area (Å²) in [4.78, 5) is 28.2. The number of benzene rings is 1. The lowest BCUT2D eigenvalue weighted by Crippen LogP contribution is -2.54. The van der Waals surface area contributed by atoms with Gasteiger partial charge in [-0.15, -0.1) is 5.10 Å². The topological polar surface area (TPSA) is 83.4 Å². The molecule has 3 amide bonds. The standard InChI is InChI=1S/C21H24F4N6O2/c22-14-6-8-16(9-7-14)31-18(21(23,24)25)17(27-28-31)19(32)29-10-12-30(13-11-29)20(33)26-15-4-2-1-3-5-15/h6-9,15H,1-5,10-13H2,(H,26,33). The summed E-state index contributed by atoms with van der Waals surface area (Å²) in [5.74, 6) is -1.53. The van der Waals surface area contributed by atoms with E-state index in [1.54, 1.807) is 4.90 Å². The zero-order valence-electron chi connectivity index (χ0n) is 17.8. The predicted molar refractivity (Wildman–Crippen MR) is 109 cm³/mol. The van der Waals surface area contributed by atoms with Gasteiger partial charge < -0.3 is 15.1 Å². The van der Waals surface area contributed by atoms with Crippen LogP contribution in [0.4, 0.5) is 22.4 Å². The van der Waals surface area contributed by atoms with E-state index < -0.39 is 29.3 Å². The van der Waals surface area contributed by atoms with Gasteiger partial charge in [0, 0.05) is 32.2 Å². The monoisotopic (exact) mass is 468 g/mol. The lowest BCUT2D eigenvalue weighted by atomic mass is 9.96. The summed E-state index contributed by atoms with van der Waals surface area (Å²) in [6.07, 6.45) is 0.284. The Morgan fingerprint density at radius 2 is 1.55 bits per heavy atom. The molecule has 33 heavy (non-hydrogen) atoms. The average molecular weight is 468 g/mol. The third-order valence-electron chi connectivity index (χ3n) is 6.00. The van der Waals surface area contributed by atoms with Crippen LogP contribution in [-0.4, -0.2) is 69.0 Å². The Morgan fingerprint density at radius 3 is 2.15 bits per heavy atom. The van der Waals surface area contributed by atoms with E-state index in [9.17, 15) is 27.2 Å². The van der Waals surface area contributed by atoms with Crippen LogP contribution in [-0.2, 0) is 6.18 Å². The first-order valence-corrected chi connectivity index (χ1v) is 10.9. The van der Waals surface area contributed by atoms with Crippen molar-refractivity contribution < 1.29 is 27.2 Å². The van der Waals surface area contributed by atoms with Gasteiger partial charge in [-0.05, 0) is 37.1 Å². The molecule has 1 aromatic heterocycles. The largest absolute Gasteiger partial charge is 0.435 e. The minimum absolute atomic E-state index is 0.0699. The van der Waals surface area contributed by atoms with Crippen molar-refractivity contribution in [2.45, 2.75) is 44.3 Å². The molecule has 8 nitrogen and oxygen atoms in total. The molecular weight excluding hydrogens is 444 g/mol. The second-order valence-electron chi connectivity index (χ2n) is 8.24. The fourth-order valence-electron chi connectivity index (χ4n) is 4.22. The van der Waals surface area contributed by atoms with Crippen molar-refractivity contribution in [3.8, 4) is 5.69 Å². The first kappa shape index (κ1) is 23.0. The first-order chi connectivity index (χ1) is 15.7. The van der Waals surface area contributed by atoms with Gasteiger partial charge in [-0.2, -0.15) is 13.2 Å². The van der Waals surface area contributed by atoms with Crippen LogP contribution >= 0.6 is 0 Å². The Kier molecular flexibility index (Phi) is 6.52. The number of alkyl halides is 3. The van der Waals surface area contributed by atoms with Gasteiger partial charge in [0.2, 0.25) is 0 Å². The Hall–Kier alpha value is -3.18. The van der Waals surface area contributed by atoms with E-state index in [0.29, 0.717) is 4.68 Å². The molecule has 1 N–H and O–H groups in total. The quantitative estimate of drug-likeness (QED) is 0.702. The number of halogens is 4. The van der Waals surface area contributed by atoms with Crippen LogP contribution in [0.2, 0.25) is 0 Å². The number of hydrogen-bond donors (Lipinski definition) is 1. The third-order valence-corrected chi connectivity index (χ3v) is 6.00. The Morgan fingerprint density at radius 1 is 0.939 bits per heavy atom. The van der Waals surface area contributed by atoms with Crippen LogP contribution in [0.15, 0.2) is 24.3 Å². The minimum Gasteiger partial charge on any atom is -0.335 e. The average Bonchev–Trinajstić information content (AvgIpc) is 3.26. The molecule has 2 aromatic rings. The third kappa shape index (κ3) is 5.09. The van der Waals surface area contributed by atoms with Gasteiger partial charge in [0.25, 0.3) is 5.91 Å². The van der Waals surface area contributed by atoms with E-state index in [4.69, 9.17) is 0 Å². The van der Waals surface area contributed by atoms with Crippen molar-refractivity contribution in [1.82, 2.24) is 30.1 Å². The van der Waals surface area contributed by atoms with E-state index >= 15 is 0 Å². The lowest BCUT2D eigenvalue weighted by Gasteiger charge is -2.35. The molecule has 1 saturated heterocycles. The number of carbonyl (C=O) groups is 2. The zero-order chi connectivity index (χ0) is 23.6. The van der Waals surface area contributed by atoms with Crippen molar-refractivity contribution in [2.24, 2.45) is 0 Å². The molecule has 178 valence electrons. The second kappa shape index (κ2) is 9.36. The van der Waals surface area contributed by atoms with Gasteiger partial charge in [0.15, 0.2) is 11.4 Å². The van der Waals surface area contributed by atoms with Gasteiger partial charge in [-0.3, -0.25) is 4.79 Å². The maximum Gasteiger partial charge on any atom is 0.435 e. The normalized spacial score (nSPS) is 17.8. The molecule has 12 heteroatoms. The highest BCUT2D eigenvalue weighted by Gasteiger charge is 2.43. The zero-order valence-corrected chi connectivity index (χ0v) is 17.8. The molecule has 0 bridgehead atoms. The molecule has 4 rings (SSSR count).